The number of aromatic amines is 2. The van der Waals surface area contributed by atoms with Gasteiger partial charge in [-0.25, -0.2) is 0 Å². The minimum Gasteiger partial charge on any atom is -0.361 e. The summed E-state index contributed by atoms with van der Waals surface area (Å²) >= 11 is 6.50. The third-order valence-corrected chi connectivity index (χ3v) is 5.70. The number of nitrogens with one attached hydrogen (secondary N) is 2. The predicted molar refractivity (Wildman–Crippen MR) is 105 cm³/mol. The summed E-state index contributed by atoms with van der Waals surface area (Å²) in [5.74, 6) is -7.21. The zero-order valence-corrected chi connectivity index (χ0v) is 17.0. The van der Waals surface area contributed by atoms with E-state index in [9.17, 15) is 22.0 Å². The Morgan fingerprint density at radius 1 is 0.714 bits per heavy atom. The van der Waals surface area contributed by atoms with E-state index in [4.69, 9.17) is 0 Å². The first-order valence-corrected chi connectivity index (χ1v) is 9.66. The van der Waals surface area contributed by atoms with Gasteiger partial charge in [-0.15, -0.1) is 0 Å². The second-order valence-electron chi connectivity index (χ2n) is 6.42. The van der Waals surface area contributed by atoms with Gasteiger partial charge in [0.25, 0.3) is 0 Å². The number of H-pyrrole nitrogens is 2. The maximum atomic E-state index is 14.8. The van der Waals surface area contributed by atoms with Crippen molar-refractivity contribution in [3.8, 4) is 0 Å². The summed E-state index contributed by atoms with van der Waals surface area (Å²) < 4.78 is 71.1. The Balaban J connectivity index is 2.04. The number of hydrogen-bond donors (Lipinski definition) is 2. The summed E-state index contributed by atoms with van der Waals surface area (Å²) in [6.45, 7) is 0. The molecule has 0 aliphatic carbocycles. The topological polar surface area (TPSA) is 31.6 Å². The van der Waals surface area contributed by atoms with Gasteiger partial charge in [-0.1, -0.05) is 31.9 Å². The van der Waals surface area contributed by atoms with E-state index in [1.807, 2.05) is 0 Å². The molecule has 0 amide bonds. The van der Waals surface area contributed by atoms with Gasteiger partial charge >= 0.3 is 12.1 Å². The molecule has 146 valence electrons. The van der Waals surface area contributed by atoms with Crippen molar-refractivity contribution in [1.29, 1.82) is 0 Å². The van der Waals surface area contributed by atoms with E-state index in [0.29, 0.717) is 30.8 Å². The number of benzene rings is 2. The lowest BCUT2D eigenvalue weighted by Gasteiger charge is -2.28. The molecule has 0 spiro atoms. The Morgan fingerprint density at radius 2 is 1.14 bits per heavy atom. The van der Waals surface area contributed by atoms with Crippen LogP contribution in [-0.4, -0.2) is 22.1 Å². The summed E-state index contributed by atoms with van der Waals surface area (Å²) in [5.41, 5.74) is 0.698. The first kappa shape index (κ1) is 19.4. The maximum Gasteiger partial charge on any atom is 0.454 e. The highest BCUT2D eigenvalue weighted by Gasteiger charge is 2.63. The lowest BCUT2D eigenvalue weighted by molar-refractivity contribution is -0.287. The highest BCUT2D eigenvalue weighted by molar-refractivity contribution is 9.10. The molecule has 0 unspecified atom stereocenters. The van der Waals surface area contributed by atoms with Gasteiger partial charge in [0.1, 0.15) is 0 Å². The van der Waals surface area contributed by atoms with E-state index in [1.54, 1.807) is 24.3 Å². The van der Waals surface area contributed by atoms with Crippen LogP contribution in [0.25, 0.3) is 21.8 Å². The van der Waals surface area contributed by atoms with Crippen LogP contribution in [0.15, 0.2) is 57.7 Å². The Labute approximate surface area is 172 Å². The zero-order chi connectivity index (χ0) is 20.3. The summed E-state index contributed by atoms with van der Waals surface area (Å²) in [7, 11) is 0. The minimum atomic E-state index is -5.72. The first-order chi connectivity index (χ1) is 13.1. The summed E-state index contributed by atoms with van der Waals surface area (Å²) in [4.78, 5) is 5.60. The minimum absolute atomic E-state index is 0.125. The van der Waals surface area contributed by atoms with Crippen molar-refractivity contribution in [3.05, 3.63) is 68.9 Å². The molecule has 4 aromatic rings. The average molecular weight is 522 g/mol. The average Bonchev–Trinajstić information content (AvgIpc) is 3.19. The fraction of sp³-hybridized carbons (Fsp3) is 0.158. The molecular weight excluding hydrogens is 511 g/mol. The molecule has 0 aliphatic heterocycles. The fourth-order valence-corrected chi connectivity index (χ4v) is 4.15. The van der Waals surface area contributed by atoms with E-state index in [-0.39, 0.29) is 11.1 Å². The van der Waals surface area contributed by atoms with E-state index in [1.165, 1.54) is 24.5 Å². The summed E-state index contributed by atoms with van der Waals surface area (Å²) in [5, 5.41) is 0.597. The SMILES string of the molecule is FC(F)(F)C(F)(F)C(c1c[nH]c2ccc(Br)cc12)c1c[nH]c2ccc(Br)cc12. The van der Waals surface area contributed by atoms with Crippen LogP contribution in [-0.2, 0) is 0 Å². The lowest BCUT2D eigenvalue weighted by Crippen LogP contribution is -2.42. The van der Waals surface area contributed by atoms with Crippen molar-refractivity contribution < 1.29 is 22.0 Å². The third kappa shape index (κ3) is 3.04. The standard InChI is InChI=1S/C19H11Br2F5N2/c20-9-1-3-15-11(5-9)13(7-27-15)17(18(22,23)19(24,25)26)14-8-28-16-4-2-10(21)6-12(14)16/h1-8,17,27-28H. The fourth-order valence-electron chi connectivity index (χ4n) is 3.43. The van der Waals surface area contributed by atoms with Crippen LogP contribution in [0.3, 0.4) is 0 Å². The van der Waals surface area contributed by atoms with Gasteiger partial charge in [-0.05, 0) is 47.5 Å². The van der Waals surface area contributed by atoms with Crippen LogP contribution >= 0.6 is 31.9 Å². The zero-order valence-electron chi connectivity index (χ0n) is 13.8. The van der Waals surface area contributed by atoms with E-state index in [0.717, 1.165) is 0 Å². The van der Waals surface area contributed by atoms with Gasteiger partial charge in [0.05, 0.1) is 5.92 Å². The number of aromatic nitrogens is 2. The van der Waals surface area contributed by atoms with Crippen LogP contribution in [0.4, 0.5) is 22.0 Å². The van der Waals surface area contributed by atoms with Crippen LogP contribution < -0.4 is 0 Å². The normalized spacial score (nSPS) is 13.1. The van der Waals surface area contributed by atoms with Gasteiger partial charge in [0.15, 0.2) is 0 Å². The highest BCUT2D eigenvalue weighted by Crippen LogP contribution is 2.51. The van der Waals surface area contributed by atoms with Crippen LogP contribution in [0, 0.1) is 0 Å². The second-order valence-corrected chi connectivity index (χ2v) is 8.25. The monoisotopic (exact) mass is 520 g/mol. The van der Waals surface area contributed by atoms with Crippen molar-refractivity contribution in [2.24, 2.45) is 0 Å². The third-order valence-electron chi connectivity index (χ3n) is 4.71. The van der Waals surface area contributed by atoms with Crippen LogP contribution in [0.1, 0.15) is 17.0 Å². The second kappa shape index (κ2) is 6.59. The Bertz CT molecular complexity index is 1100. The van der Waals surface area contributed by atoms with E-state index in [2.05, 4.69) is 41.8 Å². The largest absolute Gasteiger partial charge is 0.454 e. The molecule has 28 heavy (non-hydrogen) atoms. The number of fused-ring (bicyclic) bond motifs is 2. The van der Waals surface area contributed by atoms with Crippen molar-refractivity contribution in [2.75, 3.05) is 0 Å². The number of halogens is 7. The molecule has 4 rings (SSSR count). The molecule has 2 aromatic heterocycles. The van der Waals surface area contributed by atoms with Gasteiger partial charge in [-0.3, -0.25) is 0 Å². The molecular formula is C19H11Br2F5N2. The van der Waals surface area contributed by atoms with Crippen LogP contribution in [0.5, 0.6) is 0 Å². The number of hydrogen-bond acceptors (Lipinski definition) is 0. The molecule has 2 nitrogen and oxygen atoms in total. The quantitative estimate of drug-likeness (QED) is 0.261. The molecule has 0 saturated heterocycles. The van der Waals surface area contributed by atoms with Crippen molar-refractivity contribution >= 4 is 53.7 Å². The van der Waals surface area contributed by atoms with Crippen molar-refractivity contribution in [1.82, 2.24) is 9.97 Å². The molecule has 9 heteroatoms. The summed E-state index contributed by atoms with van der Waals surface area (Å²) in [6.07, 6.45) is -3.28. The molecule has 0 atom stereocenters. The Morgan fingerprint density at radius 3 is 1.54 bits per heavy atom. The summed E-state index contributed by atoms with van der Waals surface area (Å²) in [6, 6.07) is 9.68. The van der Waals surface area contributed by atoms with Crippen molar-refractivity contribution in [3.63, 3.8) is 0 Å². The van der Waals surface area contributed by atoms with E-state index < -0.39 is 18.0 Å². The van der Waals surface area contributed by atoms with Crippen LogP contribution in [0.2, 0.25) is 0 Å². The Hall–Kier alpha value is -1.87. The molecule has 0 bridgehead atoms. The lowest BCUT2D eigenvalue weighted by atomic mass is 9.85. The Kier molecular flexibility index (Phi) is 4.58. The molecule has 2 N–H and O–H groups in total. The number of rotatable bonds is 3. The molecule has 2 heterocycles. The van der Waals surface area contributed by atoms with Gasteiger partial charge in [0, 0.05) is 43.1 Å². The van der Waals surface area contributed by atoms with Gasteiger partial charge in [0.2, 0.25) is 0 Å². The molecule has 0 radical (unpaired) electrons. The highest BCUT2D eigenvalue weighted by atomic mass is 79.9. The molecule has 0 aliphatic rings. The molecule has 2 aromatic carbocycles. The van der Waals surface area contributed by atoms with Gasteiger partial charge in [-0.2, -0.15) is 22.0 Å². The molecule has 0 fully saturated rings. The molecule has 0 saturated carbocycles. The smallest absolute Gasteiger partial charge is 0.361 e. The van der Waals surface area contributed by atoms with Gasteiger partial charge < -0.3 is 9.97 Å². The van der Waals surface area contributed by atoms with E-state index >= 15 is 0 Å². The predicted octanol–water partition coefficient (Wildman–Crippen LogP) is 7.50. The number of alkyl halides is 5. The maximum absolute atomic E-state index is 14.8. The first-order valence-electron chi connectivity index (χ1n) is 8.07. The van der Waals surface area contributed by atoms with Crippen molar-refractivity contribution in [2.45, 2.75) is 18.0 Å².